The van der Waals surface area contributed by atoms with Crippen LogP contribution in [0.1, 0.15) is 30.0 Å². The molecule has 5 rings (SSSR count). The fourth-order valence-corrected chi connectivity index (χ4v) is 4.30. The van der Waals surface area contributed by atoms with Crippen molar-refractivity contribution in [2.24, 2.45) is 0 Å². The quantitative estimate of drug-likeness (QED) is 0.288. The van der Waals surface area contributed by atoms with Crippen molar-refractivity contribution in [2.75, 3.05) is 0 Å². The highest BCUT2D eigenvalue weighted by Crippen LogP contribution is 2.38. The largest absolute Gasteiger partial charge is 0.364 e. The highest BCUT2D eigenvalue weighted by Gasteiger charge is 2.17. The fourth-order valence-electron chi connectivity index (χ4n) is 4.02. The molecule has 5 aromatic rings. The minimum atomic E-state index is -0.354. The van der Waals surface area contributed by atoms with Gasteiger partial charge in [0.05, 0.1) is 16.7 Å². The molecule has 4 nitrogen and oxygen atoms in total. The van der Waals surface area contributed by atoms with Gasteiger partial charge >= 0.3 is 0 Å². The molecule has 0 amide bonds. The Morgan fingerprint density at radius 3 is 2.53 bits per heavy atom. The standard InChI is InChI=1S/C26H19ClFN3O/c1-2-21(22-9-8-20(28)14-23(22)27)26(18-7-10-24-19(13-18)15-29-30-24)17-5-3-16(4-6-17)25-11-12-32-31-25/h3-15H,2H2,1H3,(H,29,30)/b26-21-. The van der Waals surface area contributed by atoms with Crippen LogP contribution in [0.2, 0.25) is 5.02 Å². The predicted molar refractivity (Wildman–Crippen MR) is 126 cm³/mol. The van der Waals surface area contributed by atoms with Crippen LogP contribution >= 0.6 is 11.6 Å². The Labute approximate surface area is 189 Å². The number of halogens is 2. The lowest BCUT2D eigenvalue weighted by atomic mass is 9.87. The van der Waals surface area contributed by atoms with E-state index in [0.717, 1.165) is 56.4 Å². The molecule has 2 aromatic heterocycles. The van der Waals surface area contributed by atoms with Gasteiger partial charge in [0.1, 0.15) is 17.8 Å². The van der Waals surface area contributed by atoms with E-state index < -0.39 is 0 Å². The Bertz CT molecular complexity index is 1420. The van der Waals surface area contributed by atoms with E-state index in [1.165, 1.54) is 12.1 Å². The molecule has 1 N–H and O–H groups in total. The second kappa shape index (κ2) is 8.44. The van der Waals surface area contributed by atoms with Gasteiger partial charge in [-0.15, -0.1) is 0 Å². The molecule has 0 bridgehead atoms. The normalized spacial score (nSPS) is 12.2. The van der Waals surface area contributed by atoms with E-state index in [9.17, 15) is 4.39 Å². The lowest BCUT2D eigenvalue weighted by Crippen LogP contribution is -1.96. The Morgan fingerprint density at radius 2 is 1.81 bits per heavy atom. The number of hydrogen-bond donors (Lipinski definition) is 1. The number of nitrogens with zero attached hydrogens (tertiary/aromatic N) is 2. The summed E-state index contributed by atoms with van der Waals surface area (Å²) in [6.07, 6.45) is 4.08. The molecule has 0 saturated carbocycles. The van der Waals surface area contributed by atoms with Gasteiger partial charge in [0.15, 0.2) is 0 Å². The SMILES string of the molecule is CC/C(=C(\c1ccc(-c2ccon2)cc1)c1ccc2[nH]ncc2c1)c1ccc(F)cc1Cl. The van der Waals surface area contributed by atoms with Crippen LogP contribution in [-0.2, 0) is 0 Å². The number of H-pyrrole nitrogens is 1. The van der Waals surface area contributed by atoms with Crippen molar-refractivity contribution in [2.45, 2.75) is 13.3 Å². The average Bonchev–Trinajstić information content (AvgIpc) is 3.50. The molecule has 6 heteroatoms. The second-order valence-corrected chi connectivity index (χ2v) is 7.87. The molecule has 0 aliphatic carbocycles. The molecule has 32 heavy (non-hydrogen) atoms. The van der Waals surface area contributed by atoms with Crippen molar-refractivity contribution in [3.05, 3.63) is 107 Å². The van der Waals surface area contributed by atoms with Crippen LogP contribution in [0.15, 0.2) is 83.7 Å². The van der Waals surface area contributed by atoms with Crippen molar-refractivity contribution in [3.63, 3.8) is 0 Å². The molecule has 158 valence electrons. The molecule has 0 saturated heterocycles. The van der Waals surface area contributed by atoms with Crippen LogP contribution in [0.5, 0.6) is 0 Å². The van der Waals surface area contributed by atoms with E-state index in [-0.39, 0.29) is 5.82 Å². The number of fused-ring (bicyclic) bond motifs is 1. The maximum atomic E-state index is 13.8. The van der Waals surface area contributed by atoms with E-state index in [2.05, 4.69) is 46.5 Å². The summed E-state index contributed by atoms with van der Waals surface area (Å²) in [6.45, 7) is 2.08. The van der Waals surface area contributed by atoms with Crippen LogP contribution in [0.25, 0.3) is 33.3 Å². The van der Waals surface area contributed by atoms with Gasteiger partial charge in [0.25, 0.3) is 0 Å². The van der Waals surface area contributed by atoms with Crippen molar-refractivity contribution in [1.82, 2.24) is 15.4 Å². The molecule has 0 spiro atoms. The average molecular weight is 444 g/mol. The fraction of sp³-hybridized carbons (Fsp3) is 0.0769. The first-order valence-electron chi connectivity index (χ1n) is 10.3. The van der Waals surface area contributed by atoms with Crippen molar-refractivity contribution in [1.29, 1.82) is 0 Å². The first-order valence-corrected chi connectivity index (χ1v) is 10.6. The van der Waals surface area contributed by atoms with Gasteiger partial charge in [-0.3, -0.25) is 5.10 Å². The van der Waals surface area contributed by atoms with Crippen LogP contribution in [0, 0.1) is 5.82 Å². The van der Waals surface area contributed by atoms with Crippen molar-refractivity contribution >= 4 is 33.7 Å². The Hall–Kier alpha value is -3.70. The first-order chi connectivity index (χ1) is 15.6. The zero-order valence-corrected chi connectivity index (χ0v) is 18.0. The molecular weight excluding hydrogens is 425 g/mol. The molecular formula is C26H19ClFN3O. The third-order valence-electron chi connectivity index (χ3n) is 5.55. The first kappa shape index (κ1) is 20.2. The molecule has 0 fully saturated rings. The van der Waals surface area contributed by atoms with Crippen molar-refractivity contribution in [3.8, 4) is 11.3 Å². The van der Waals surface area contributed by atoms with Gasteiger partial charge in [0.2, 0.25) is 0 Å². The summed E-state index contributed by atoms with van der Waals surface area (Å²) in [5.41, 5.74) is 7.65. The van der Waals surface area contributed by atoms with Crippen molar-refractivity contribution < 1.29 is 8.91 Å². The summed E-state index contributed by atoms with van der Waals surface area (Å²) in [7, 11) is 0. The maximum Gasteiger partial charge on any atom is 0.124 e. The summed E-state index contributed by atoms with van der Waals surface area (Å²) >= 11 is 6.48. The Kier molecular flexibility index (Phi) is 5.33. The molecule has 3 aromatic carbocycles. The third kappa shape index (κ3) is 3.72. The molecule has 0 unspecified atom stereocenters. The van der Waals surface area contributed by atoms with Crippen LogP contribution < -0.4 is 0 Å². The van der Waals surface area contributed by atoms with E-state index in [4.69, 9.17) is 16.1 Å². The Balaban J connectivity index is 1.73. The van der Waals surface area contributed by atoms with E-state index in [1.807, 2.05) is 24.3 Å². The Morgan fingerprint density at radius 1 is 1.00 bits per heavy atom. The van der Waals surface area contributed by atoms with Gasteiger partial charge < -0.3 is 4.52 Å². The third-order valence-corrected chi connectivity index (χ3v) is 5.86. The number of benzene rings is 3. The van der Waals surface area contributed by atoms with Gasteiger partial charge in [-0.1, -0.05) is 60.1 Å². The number of nitrogens with one attached hydrogen (secondary N) is 1. The number of rotatable bonds is 5. The molecule has 0 atom stereocenters. The predicted octanol–water partition coefficient (Wildman–Crippen LogP) is 7.38. The van der Waals surface area contributed by atoms with Gasteiger partial charge in [0, 0.05) is 17.0 Å². The lowest BCUT2D eigenvalue weighted by Gasteiger charge is -2.18. The minimum Gasteiger partial charge on any atom is -0.364 e. The monoisotopic (exact) mass is 443 g/mol. The lowest BCUT2D eigenvalue weighted by molar-refractivity contribution is 0.422. The summed E-state index contributed by atoms with van der Waals surface area (Å²) < 4.78 is 18.7. The van der Waals surface area contributed by atoms with Crippen LogP contribution in [0.3, 0.4) is 0 Å². The van der Waals surface area contributed by atoms with E-state index >= 15 is 0 Å². The number of allylic oxidation sites excluding steroid dienone is 1. The zero-order valence-electron chi connectivity index (χ0n) is 17.3. The van der Waals surface area contributed by atoms with Crippen LogP contribution in [-0.4, -0.2) is 15.4 Å². The molecule has 0 aliphatic rings. The van der Waals surface area contributed by atoms with Gasteiger partial charge in [-0.25, -0.2) is 4.39 Å². The van der Waals surface area contributed by atoms with Gasteiger partial charge in [-0.05, 0) is 58.5 Å². The highest BCUT2D eigenvalue weighted by atomic mass is 35.5. The second-order valence-electron chi connectivity index (χ2n) is 7.47. The minimum absolute atomic E-state index is 0.354. The molecule has 0 aliphatic heterocycles. The van der Waals surface area contributed by atoms with E-state index in [1.54, 1.807) is 18.5 Å². The topological polar surface area (TPSA) is 54.7 Å². The maximum absolute atomic E-state index is 13.8. The zero-order chi connectivity index (χ0) is 22.1. The number of aromatic nitrogens is 3. The van der Waals surface area contributed by atoms with Crippen LogP contribution in [0.4, 0.5) is 4.39 Å². The molecule has 2 heterocycles. The summed E-state index contributed by atoms with van der Waals surface area (Å²) in [6, 6.07) is 20.7. The highest BCUT2D eigenvalue weighted by molar-refractivity contribution is 6.32. The smallest absolute Gasteiger partial charge is 0.124 e. The number of hydrogen-bond acceptors (Lipinski definition) is 3. The summed E-state index contributed by atoms with van der Waals surface area (Å²) in [4.78, 5) is 0. The van der Waals surface area contributed by atoms with E-state index in [0.29, 0.717) is 5.02 Å². The number of aromatic amines is 1. The molecule has 0 radical (unpaired) electrons. The van der Waals surface area contributed by atoms with Gasteiger partial charge in [-0.2, -0.15) is 5.10 Å². The summed E-state index contributed by atoms with van der Waals surface area (Å²) in [5.74, 6) is -0.354. The summed E-state index contributed by atoms with van der Waals surface area (Å²) in [5, 5.41) is 12.6.